The largest absolute Gasteiger partial charge is 0.255 e. The highest BCUT2D eigenvalue weighted by Crippen LogP contribution is 2.12. The minimum absolute atomic E-state index is 0.726. The number of hydrogen-bond acceptors (Lipinski definition) is 2. The lowest BCUT2D eigenvalue weighted by Crippen LogP contribution is -2.20. The molecular formula is C10H6N2Si. The van der Waals surface area contributed by atoms with E-state index in [0.29, 0.717) is 0 Å². The van der Waals surface area contributed by atoms with Crippen LogP contribution in [0, 0.1) is 0 Å². The van der Waals surface area contributed by atoms with E-state index in [9.17, 15) is 0 Å². The molecular weight excluding hydrogens is 176 g/mol. The van der Waals surface area contributed by atoms with Crippen LogP contribution in [0.5, 0.6) is 0 Å². The highest BCUT2D eigenvalue weighted by Gasteiger charge is 2.20. The summed E-state index contributed by atoms with van der Waals surface area (Å²) < 4.78 is 0. The number of pyridine rings is 2. The van der Waals surface area contributed by atoms with Crippen LogP contribution >= 0.6 is 0 Å². The van der Waals surface area contributed by atoms with Crippen molar-refractivity contribution in [1.82, 2.24) is 9.97 Å². The minimum atomic E-state index is 0.726. The van der Waals surface area contributed by atoms with Crippen LogP contribution in [0.2, 0.25) is 0 Å². The Kier molecular flexibility index (Phi) is 1.34. The van der Waals surface area contributed by atoms with E-state index >= 15 is 0 Å². The first kappa shape index (κ1) is 6.97. The Labute approximate surface area is 78.5 Å². The molecule has 2 aromatic rings. The van der Waals surface area contributed by atoms with Gasteiger partial charge in [-0.2, -0.15) is 0 Å². The summed E-state index contributed by atoms with van der Waals surface area (Å²) in [7, 11) is 0.726. The Morgan fingerprint density at radius 1 is 0.846 bits per heavy atom. The first-order chi connectivity index (χ1) is 6.45. The van der Waals surface area contributed by atoms with Crippen LogP contribution in [0.1, 0.15) is 0 Å². The van der Waals surface area contributed by atoms with Crippen molar-refractivity contribution in [1.29, 1.82) is 0 Å². The third-order valence-corrected chi connectivity index (χ3v) is 3.45. The van der Waals surface area contributed by atoms with Crippen molar-refractivity contribution in [2.24, 2.45) is 0 Å². The van der Waals surface area contributed by atoms with Gasteiger partial charge in [0.1, 0.15) is 9.52 Å². The van der Waals surface area contributed by atoms with Gasteiger partial charge in [0, 0.05) is 12.4 Å². The van der Waals surface area contributed by atoms with Crippen LogP contribution < -0.4 is 10.4 Å². The molecule has 3 heteroatoms. The van der Waals surface area contributed by atoms with Crippen molar-refractivity contribution in [2.45, 2.75) is 0 Å². The molecule has 0 fully saturated rings. The standard InChI is InChI=1S/C10H6N2Si/c1-3-7-9(11-5-1)10-8(13-7)4-2-6-12-10/h1-6H. The molecule has 2 aromatic heterocycles. The quantitative estimate of drug-likeness (QED) is 0.461. The number of fused-ring (bicyclic) bond motifs is 3. The number of nitrogens with zero attached hydrogens (tertiary/aromatic N) is 2. The fourth-order valence-electron chi connectivity index (χ4n) is 1.53. The molecule has 2 nitrogen and oxygen atoms in total. The van der Waals surface area contributed by atoms with Gasteiger partial charge in [-0.05, 0) is 22.5 Å². The zero-order valence-electron chi connectivity index (χ0n) is 6.86. The lowest BCUT2D eigenvalue weighted by Gasteiger charge is -1.96. The Morgan fingerprint density at radius 3 is 1.92 bits per heavy atom. The number of rotatable bonds is 0. The SMILES string of the molecule is c1cnc2c(c1)[Si]c1cccnc1-2. The van der Waals surface area contributed by atoms with Crippen LogP contribution in [-0.4, -0.2) is 19.5 Å². The molecule has 0 unspecified atom stereocenters. The summed E-state index contributed by atoms with van der Waals surface area (Å²) in [5.74, 6) is 0. The van der Waals surface area contributed by atoms with E-state index in [2.05, 4.69) is 22.1 Å². The lowest BCUT2D eigenvalue weighted by atomic mass is 10.2. The van der Waals surface area contributed by atoms with Gasteiger partial charge >= 0.3 is 0 Å². The Morgan fingerprint density at radius 2 is 1.38 bits per heavy atom. The Hall–Kier alpha value is -1.48. The average molecular weight is 182 g/mol. The molecule has 3 heterocycles. The van der Waals surface area contributed by atoms with E-state index < -0.39 is 0 Å². The van der Waals surface area contributed by atoms with E-state index in [1.165, 1.54) is 10.4 Å². The second kappa shape index (κ2) is 2.50. The Balaban J connectivity index is 2.32. The summed E-state index contributed by atoms with van der Waals surface area (Å²) >= 11 is 0. The van der Waals surface area contributed by atoms with Gasteiger partial charge in [0.05, 0.1) is 11.4 Å². The van der Waals surface area contributed by atoms with Gasteiger partial charge in [-0.1, -0.05) is 12.1 Å². The normalized spacial score (nSPS) is 12.3. The monoisotopic (exact) mass is 182 g/mol. The fraction of sp³-hybridized carbons (Fsp3) is 0. The summed E-state index contributed by atoms with van der Waals surface area (Å²) in [6.07, 6.45) is 3.65. The first-order valence-corrected chi connectivity index (χ1v) is 5.12. The maximum atomic E-state index is 4.35. The Bertz CT molecular complexity index is 424. The van der Waals surface area contributed by atoms with E-state index in [-0.39, 0.29) is 0 Å². The lowest BCUT2D eigenvalue weighted by molar-refractivity contribution is 1.28. The molecule has 0 aliphatic carbocycles. The predicted molar refractivity (Wildman–Crippen MR) is 52.5 cm³/mol. The maximum absolute atomic E-state index is 4.35. The van der Waals surface area contributed by atoms with Crippen LogP contribution in [0.3, 0.4) is 0 Å². The van der Waals surface area contributed by atoms with Crippen LogP contribution in [0.25, 0.3) is 11.4 Å². The third kappa shape index (κ3) is 0.938. The van der Waals surface area contributed by atoms with Crippen molar-refractivity contribution < 1.29 is 0 Å². The summed E-state index contributed by atoms with van der Waals surface area (Å²) in [5.41, 5.74) is 2.13. The van der Waals surface area contributed by atoms with Gasteiger partial charge in [-0.15, -0.1) is 0 Å². The third-order valence-electron chi connectivity index (χ3n) is 2.11. The van der Waals surface area contributed by atoms with E-state index in [0.717, 1.165) is 20.9 Å². The molecule has 0 amide bonds. The zero-order valence-corrected chi connectivity index (χ0v) is 7.86. The van der Waals surface area contributed by atoms with Crippen molar-refractivity contribution in [2.75, 3.05) is 0 Å². The summed E-state index contributed by atoms with van der Waals surface area (Å²) in [6, 6.07) is 8.22. The maximum Gasteiger partial charge on any atom is 0.127 e. The highest BCUT2D eigenvalue weighted by atomic mass is 28.2. The predicted octanol–water partition coefficient (Wildman–Crippen LogP) is 0.112. The van der Waals surface area contributed by atoms with E-state index in [1.807, 2.05) is 24.5 Å². The van der Waals surface area contributed by atoms with Gasteiger partial charge in [0.15, 0.2) is 0 Å². The molecule has 0 atom stereocenters. The van der Waals surface area contributed by atoms with Crippen LogP contribution in [0.15, 0.2) is 36.7 Å². The summed E-state index contributed by atoms with van der Waals surface area (Å²) in [6.45, 7) is 0. The highest BCUT2D eigenvalue weighted by molar-refractivity contribution is 6.72. The minimum Gasteiger partial charge on any atom is -0.255 e. The van der Waals surface area contributed by atoms with Gasteiger partial charge in [0.2, 0.25) is 0 Å². The molecule has 60 valence electrons. The molecule has 0 aromatic carbocycles. The molecule has 3 rings (SSSR count). The van der Waals surface area contributed by atoms with Crippen molar-refractivity contribution in [3.8, 4) is 11.4 Å². The first-order valence-electron chi connectivity index (χ1n) is 4.12. The van der Waals surface area contributed by atoms with Crippen LogP contribution in [-0.2, 0) is 0 Å². The molecule has 2 radical (unpaired) electrons. The smallest absolute Gasteiger partial charge is 0.127 e. The van der Waals surface area contributed by atoms with E-state index in [4.69, 9.17) is 0 Å². The van der Waals surface area contributed by atoms with Crippen molar-refractivity contribution in [3.05, 3.63) is 36.7 Å². The van der Waals surface area contributed by atoms with Crippen molar-refractivity contribution in [3.63, 3.8) is 0 Å². The van der Waals surface area contributed by atoms with Gasteiger partial charge in [-0.3, -0.25) is 9.97 Å². The van der Waals surface area contributed by atoms with Gasteiger partial charge < -0.3 is 0 Å². The number of hydrogen-bond donors (Lipinski definition) is 0. The topological polar surface area (TPSA) is 25.8 Å². The molecule has 0 bridgehead atoms. The number of aromatic nitrogens is 2. The molecule has 1 aliphatic heterocycles. The second-order valence-corrected chi connectivity index (χ2v) is 4.25. The molecule has 0 spiro atoms. The molecule has 0 N–H and O–H groups in total. The van der Waals surface area contributed by atoms with E-state index in [1.54, 1.807) is 0 Å². The fourth-order valence-corrected chi connectivity index (χ4v) is 2.79. The van der Waals surface area contributed by atoms with Gasteiger partial charge in [-0.25, -0.2) is 0 Å². The molecule has 0 saturated carbocycles. The molecule has 13 heavy (non-hydrogen) atoms. The average Bonchev–Trinajstić information content (AvgIpc) is 2.56. The molecule has 0 saturated heterocycles. The van der Waals surface area contributed by atoms with Crippen LogP contribution in [0.4, 0.5) is 0 Å². The molecule has 1 aliphatic rings. The van der Waals surface area contributed by atoms with Crippen molar-refractivity contribution >= 4 is 19.9 Å². The summed E-state index contributed by atoms with van der Waals surface area (Å²) in [4.78, 5) is 8.69. The van der Waals surface area contributed by atoms with Gasteiger partial charge in [0.25, 0.3) is 0 Å². The summed E-state index contributed by atoms with van der Waals surface area (Å²) in [5, 5.41) is 2.63. The second-order valence-electron chi connectivity index (χ2n) is 2.92. The zero-order chi connectivity index (χ0) is 8.67.